The van der Waals surface area contributed by atoms with E-state index in [2.05, 4.69) is 36.1 Å². The molecule has 2 heterocycles. The average Bonchev–Trinajstić information content (AvgIpc) is 3.20. The highest BCUT2D eigenvalue weighted by atomic mass is 32.2. The number of rotatable bonds is 4. The minimum Gasteiger partial charge on any atom is -0.335 e. The Morgan fingerprint density at radius 3 is 2.32 bits per heavy atom. The molecule has 4 rings (SSSR count). The minimum absolute atomic E-state index is 0.0848. The number of anilines is 2. The first-order valence-electron chi connectivity index (χ1n) is 9.33. The monoisotopic (exact) mass is 407 g/mol. The second-order valence-corrected chi connectivity index (χ2v) is 7.80. The van der Waals surface area contributed by atoms with Crippen LogP contribution in [-0.4, -0.2) is 29.0 Å². The van der Waals surface area contributed by atoms with Gasteiger partial charge in [0.2, 0.25) is 0 Å². The number of hydrogen-bond donors (Lipinski definition) is 0. The summed E-state index contributed by atoms with van der Waals surface area (Å²) < 4.78 is 0. The molecule has 6 heteroatoms. The number of nitrogens with zero attached hydrogens (tertiary/aromatic N) is 3. The lowest BCUT2D eigenvalue weighted by atomic mass is 10.2. The van der Waals surface area contributed by atoms with E-state index in [1.165, 1.54) is 10.6 Å². The van der Waals surface area contributed by atoms with Crippen molar-refractivity contribution in [2.45, 2.75) is 18.7 Å². The SMILES string of the molecule is CCN1C(=S)N(c2ccccc2)C(=O)/C1=C/C=C1/Sc2ccccc2N1CC. The number of allylic oxidation sites excluding steroid dienone is 2. The lowest BCUT2D eigenvalue weighted by molar-refractivity contribution is -0.114. The third-order valence-electron chi connectivity index (χ3n) is 4.80. The van der Waals surface area contributed by atoms with Gasteiger partial charge in [0.15, 0.2) is 5.11 Å². The molecule has 0 bridgehead atoms. The fourth-order valence-corrected chi connectivity index (χ4v) is 5.01. The number of benzene rings is 2. The molecule has 0 N–H and O–H groups in total. The van der Waals surface area contributed by atoms with E-state index in [1.54, 1.807) is 16.7 Å². The van der Waals surface area contributed by atoms with Crippen LogP contribution in [0.25, 0.3) is 0 Å². The van der Waals surface area contributed by atoms with Gasteiger partial charge < -0.3 is 9.80 Å². The first-order valence-corrected chi connectivity index (χ1v) is 10.6. The Kier molecular flexibility index (Phi) is 5.24. The van der Waals surface area contributed by atoms with Gasteiger partial charge in [-0.2, -0.15) is 0 Å². The minimum atomic E-state index is -0.0848. The largest absolute Gasteiger partial charge is 0.335 e. The Labute approximate surface area is 175 Å². The predicted octanol–water partition coefficient (Wildman–Crippen LogP) is 5.00. The zero-order valence-electron chi connectivity index (χ0n) is 15.8. The first-order chi connectivity index (χ1) is 13.7. The standard InChI is InChI=1S/C22H21N3OS2/c1-3-23-17-12-8-9-13-19(17)28-20(23)15-14-18-21(26)25(22(27)24(18)4-2)16-10-6-5-7-11-16/h5-15H,3-4H2,1-2H3/b18-14-,20-15+. The van der Waals surface area contributed by atoms with E-state index in [4.69, 9.17) is 12.2 Å². The maximum absolute atomic E-state index is 13.1. The Bertz CT molecular complexity index is 984. The zero-order chi connectivity index (χ0) is 19.7. The third-order valence-corrected chi connectivity index (χ3v) is 6.34. The van der Waals surface area contributed by atoms with Crippen molar-refractivity contribution in [3.63, 3.8) is 0 Å². The number of carbonyl (C=O) groups is 1. The number of likely N-dealkylation sites (N-methyl/N-ethyl adjacent to an activating group) is 1. The highest BCUT2D eigenvalue weighted by Crippen LogP contribution is 2.45. The summed E-state index contributed by atoms with van der Waals surface area (Å²) in [7, 11) is 0. The van der Waals surface area contributed by atoms with Gasteiger partial charge in [0.25, 0.3) is 5.91 Å². The molecule has 1 fully saturated rings. The molecule has 2 aliphatic heterocycles. The summed E-state index contributed by atoms with van der Waals surface area (Å²) in [5.74, 6) is -0.0848. The number of para-hydroxylation sites is 2. The van der Waals surface area contributed by atoms with Crippen LogP contribution in [-0.2, 0) is 4.79 Å². The molecule has 1 amide bonds. The molecule has 0 unspecified atom stereocenters. The number of hydrogen-bond acceptors (Lipinski definition) is 4. The molecule has 0 radical (unpaired) electrons. The van der Waals surface area contributed by atoms with Crippen molar-refractivity contribution in [3.05, 3.63) is 77.5 Å². The Balaban J connectivity index is 1.68. The van der Waals surface area contributed by atoms with Crippen LogP contribution < -0.4 is 9.80 Å². The quantitative estimate of drug-likeness (QED) is 0.525. The third kappa shape index (κ3) is 3.12. The molecular formula is C22H21N3OS2. The predicted molar refractivity (Wildman–Crippen MR) is 120 cm³/mol. The molecule has 0 saturated carbocycles. The number of fused-ring (bicyclic) bond motifs is 1. The Hall–Kier alpha value is -2.57. The molecule has 0 atom stereocenters. The number of carbonyl (C=O) groups excluding carboxylic acids is 1. The van der Waals surface area contributed by atoms with E-state index in [-0.39, 0.29) is 5.91 Å². The van der Waals surface area contributed by atoms with Crippen molar-refractivity contribution in [1.82, 2.24) is 4.90 Å². The topological polar surface area (TPSA) is 26.8 Å². The molecule has 0 aromatic heterocycles. The van der Waals surface area contributed by atoms with E-state index in [1.807, 2.05) is 54.3 Å². The van der Waals surface area contributed by atoms with Crippen molar-refractivity contribution in [1.29, 1.82) is 0 Å². The molecular weight excluding hydrogens is 386 g/mol. The average molecular weight is 408 g/mol. The highest BCUT2D eigenvalue weighted by molar-refractivity contribution is 8.03. The van der Waals surface area contributed by atoms with E-state index in [0.29, 0.717) is 17.4 Å². The van der Waals surface area contributed by atoms with Crippen LogP contribution in [0, 0.1) is 0 Å². The van der Waals surface area contributed by atoms with Crippen molar-refractivity contribution in [2.24, 2.45) is 0 Å². The molecule has 28 heavy (non-hydrogen) atoms. The molecule has 1 saturated heterocycles. The molecule has 0 aliphatic carbocycles. The lowest BCUT2D eigenvalue weighted by Gasteiger charge is -2.18. The summed E-state index contributed by atoms with van der Waals surface area (Å²) in [6.07, 6.45) is 3.93. The molecule has 142 valence electrons. The van der Waals surface area contributed by atoms with Gasteiger partial charge in [0.1, 0.15) is 5.70 Å². The fourth-order valence-electron chi connectivity index (χ4n) is 3.47. The van der Waals surface area contributed by atoms with E-state index in [9.17, 15) is 4.79 Å². The molecule has 4 nitrogen and oxygen atoms in total. The second-order valence-electron chi connectivity index (χ2n) is 6.37. The van der Waals surface area contributed by atoms with Crippen LogP contribution in [0.3, 0.4) is 0 Å². The fraction of sp³-hybridized carbons (Fsp3) is 0.182. The molecule has 2 aliphatic rings. The highest BCUT2D eigenvalue weighted by Gasteiger charge is 2.37. The summed E-state index contributed by atoms with van der Waals surface area (Å²) in [5, 5.41) is 1.64. The summed E-state index contributed by atoms with van der Waals surface area (Å²) in [6.45, 7) is 5.66. The number of amides is 1. The van der Waals surface area contributed by atoms with E-state index < -0.39 is 0 Å². The van der Waals surface area contributed by atoms with Crippen molar-refractivity contribution in [2.75, 3.05) is 22.9 Å². The van der Waals surface area contributed by atoms with Gasteiger partial charge in [-0.15, -0.1) is 0 Å². The van der Waals surface area contributed by atoms with Crippen LogP contribution in [0.4, 0.5) is 11.4 Å². The zero-order valence-corrected chi connectivity index (χ0v) is 17.5. The molecule has 0 spiro atoms. The van der Waals surface area contributed by atoms with Gasteiger partial charge in [-0.3, -0.25) is 9.69 Å². The van der Waals surface area contributed by atoms with Crippen molar-refractivity contribution in [3.8, 4) is 0 Å². The smallest absolute Gasteiger partial charge is 0.281 e. The van der Waals surface area contributed by atoms with Gasteiger partial charge in [0.05, 0.1) is 16.4 Å². The molecule has 2 aromatic rings. The first kappa shape index (κ1) is 18.8. The Morgan fingerprint density at radius 1 is 0.929 bits per heavy atom. The van der Waals surface area contributed by atoms with Crippen LogP contribution >= 0.6 is 24.0 Å². The van der Waals surface area contributed by atoms with Crippen molar-refractivity contribution >= 4 is 46.4 Å². The van der Waals surface area contributed by atoms with Crippen LogP contribution in [0.5, 0.6) is 0 Å². The summed E-state index contributed by atoms with van der Waals surface area (Å²) >= 11 is 7.33. The summed E-state index contributed by atoms with van der Waals surface area (Å²) in [6, 6.07) is 17.9. The van der Waals surface area contributed by atoms with Gasteiger partial charge in [-0.1, -0.05) is 42.1 Å². The van der Waals surface area contributed by atoms with Gasteiger partial charge in [-0.25, -0.2) is 0 Å². The van der Waals surface area contributed by atoms with Gasteiger partial charge in [-0.05, 0) is 62.5 Å². The van der Waals surface area contributed by atoms with Crippen molar-refractivity contribution < 1.29 is 4.79 Å². The lowest BCUT2D eigenvalue weighted by Crippen LogP contribution is -2.32. The normalized spacial score (nSPS) is 19.3. The van der Waals surface area contributed by atoms with Crippen LogP contribution in [0.2, 0.25) is 0 Å². The number of thioether (sulfide) groups is 1. The van der Waals surface area contributed by atoms with Crippen LogP contribution in [0.1, 0.15) is 13.8 Å². The second kappa shape index (κ2) is 7.81. The van der Waals surface area contributed by atoms with E-state index in [0.717, 1.165) is 17.3 Å². The van der Waals surface area contributed by atoms with Crippen LogP contribution in [0.15, 0.2) is 82.4 Å². The van der Waals surface area contributed by atoms with Gasteiger partial charge in [0, 0.05) is 18.0 Å². The maximum atomic E-state index is 13.1. The molecule has 2 aromatic carbocycles. The van der Waals surface area contributed by atoms with Gasteiger partial charge >= 0.3 is 0 Å². The summed E-state index contributed by atoms with van der Waals surface area (Å²) in [4.78, 5) is 20.1. The Morgan fingerprint density at radius 2 is 1.61 bits per heavy atom. The maximum Gasteiger partial charge on any atom is 0.281 e. The summed E-state index contributed by atoms with van der Waals surface area (Å²) in [5.41, 5.74) is 2.62. The van der Waals surface area contributed by atoms with E-state index >= 15 is 0 Å². The number of thiocarbonyl (C=S) groups is 1.